The summed E-state index contributed by atoms with van der Waals surface area (Å²) in [6.45, 7) is 5.74. The third-order valence-electron chi connectivity index (χ3n) is 3.02. The summed E-state index contributed by atoms with van der Waals surface area (Å²) in [5.74, 6) is 0.819. The van der Waals surface area contributed by atoms with E-state index in [0.29, 0.717) is 5.82 Å². The average molecular weight is 233 g/mol. The molecule has 2 rings (SSSR count). The zero-order chi connectivity index (χ0) is 12.3. The minimum atomic E-state index is 0.0753. The summed E-state index contributed by atoms with van der Waals surface area (Å²) >= 11 is 0. The van der Waals surface area contributed by atoms with Gasteiger partial charge in [0.1, 0.15) is 5.82 Å². The van der Waals surface area contributed by atoms with Gasteiger partial charge in [0, 0.05) is 12.2 Å². The zero-order valence-corrected chi connectivity index (χ0v) is 10.4. The first-order chi connectivity index (χ1) is 8.15. The quantitative estimate of drug-likeness (QED) is 0.816. The van der Waals surface area contributed by atoms with Crippen molar-refractivity contribution in [3.8, 4) is 0 Å². The maximum Gasteiger partial charge on any atom is 0.229 e. The summed E-state index contributed by atoms with van der Waals surface area (Å²) in [5.41, 5.74) is 2.05. The van der Waals surface area contributed by atoms with Crippen LogP contribution in [0.3, 0.4) is 0 Å². The SMILES string of the molecule is Cc1cc(C)nc(NC(=O)[C@@H]2CCCNC2)c1. The van der Waals surface area contributed by atoms with Gasteiger partial charge in [-0.3, -0.25) is 4.79 Å². The summed E-state index contributed by atoms with van der Waals surface area (Å²) in [6, 6.07) is 3.90. The largest absolute Gasteiger partial charge is 0.316 e. The zero-order valence-electron chi connectivity index (χ0n) is 10.4. The third kappa shape index (κ3) is 3.27. The van der Waals surface area contributed by atoms with Crippen LogP contribution in [0.25, 0.3) is 0 Å². The highest BCUT2D eigenvalue weighted by molar-refractivity contribution is 5.92. The molecule has 1 atom stereocenters. The first-order valence-corrected chi connectivity index (χ1v) is 6.12. The van der Waals surface area contributed by atoms with Crippen LogP contribution in [0, 0.1) is 19.8 Å². The Kier molecular flexibility index (Phi) is 3.74. The summed E-state index contributed by atoms with van der Waals surface area (Å²) in [5, 5.41) is 6.15. The second-order valence-corrected chi connectivity index (χ2v) is 4.70. The van der Waals surface area contributed by atoms with Crippen molar-refractivity contribution in [2.45, 2.75) is 26.7 Å². The number of anilines is 1. The molecule has 1 aromatic heterocycles. The number of piperidine rings is 1. The number of aryl methyl sites for hydroxylation is 2. The Balaban J connectivity index is 2.01. The molecule has 0 aliphatic carbocycles. The third-order valence-corrected chi connectivity index (χ3v) is 3.02. The highest BCUT2D eigenvalue weighted by Crippen LogP contribution is 2.14. The Hall–Kier alpha value is -1.42. The van der Waals surface area contributed by atoms with Crippen molar-refractivity contribution in [2.24, 2.45) is 5.92 Å². The number of hydrogen-bond acceptors (Lipinski definition) is 3. The number of amides is 1. The molecule has 17 heavy (non-hydrogen) atoms. The molecule has 0 unspecified atom stereocenters. The maximum atomic E-state index is 12.0. The minimum absolute atomic E-state index is 0.0753. The van der Waals surface area contributed by atoms with Gasteiger partial charge in [0.15, 0.2) is 0 Å². The smallest absolute Gasteiger partial charge is 0.229 e. The average Bonchev–Trinajstić information content (AvgIpc) is 2.28. The van der Waals surface area contributed by atoms with E-state index in [1.807, 2.05) is 26.0 Å². The van der Waals surface area contributed by atoms with Crippen LogP contribution in [0.2, 0.25) is 0 Å². The van der Waals surface area contributed by atoms with Crippen LogP contribution in [0.15, 0.2) is 12.1 Å². The van der Waals surface area contributed by atoms with Gasteiger partial charge in [-0.05, 0) is 50.9 Å². The molecule has 92 valence electrons. The number of pyridine rings is 1. The van der Waals surface area contributed by atoms with Gasteiger partial charge in [0.05, 0.1) is 5.92 Å². The number of nitrogens with zero attached hydrogens (tertiary/aromatic N) is 1. The van der Waals surface area contributed by atoms with Crippen LogP contribution in [0.1, 0.15) is 24.1 Å². The van der Waals surface area contributed by atoms with Gasteiger partial charge >= 0.3 is 0 Å². The number of carbonyl (C=O) groups is 1. The number of nitrogens with one attached hydrogen (secondary N) is 2. The molecule has 0 radical (unpaired) electrons. The van der Waals surface area contributed by atoms with Crippen molar-refractivity contribution in [3.63, 3.8) is 0 Å². The van der Waals surface area contributed by atoms with Gasteiger partial charge in [0.25, 0.3) is 0 Å². The topological polar surface area (TPSA) is 54.0 Å². The second-order valence-electron chi connectivity index (χ2n) is 4.70. The molecule has 1 amide bonds. The van der Waals surface area contributed by atoms with Crippen LogP contribution in [-0.4, -0.2) is 24.0 Å². The number of carbonyl (C=O) groups excluding carboxylic acids is 1. The van der Waals surface area contributed by atoms with Crippen molar-refractivity contribution in [1.29, 1.82) is 0 Å². The van der Waals surface area contributed by atoms with E-state index in [9.17, 15) is 4.79 Å². The van der Waals surface area contributed by atoms with Crippen molar-refractivity contribution in [3.05, 3.63) is 23.4 Å². The molecule has 0 saturated carbocycles. The fourth-order valence-corrected chi connectivity index (χ4v) is 2.21. The molecule has 1 fully saturated rings. The fourth-order valence-electron chi connectivity index (χ4n) is 2.21. The van der Waals surface area contributed by atoms with Gasteiger partial charge in [-0.2, -0.15) is 0 Å². The molecule has 1 saturated heterocycles. The van der Waals surface area contributed by atoms with Crippen LogP contribution in [-0.2, 0) is 4.79 Å². The molecular weight excluding hydrogens is 214 g/mol. The summed E-state index contributed by atoms with van der Waals surface area (Å²) in [4.78, 5) is 16.3. The molecule has 1 aliphatic heterocycles. The Morgan fingerprint density at radius 1 is 1.47 bits per heavy atom. The Morgan fingerprint density at radius 2 is 2.29 bits per heavy atom. The molecule has 2 N–H and O–H groups in total. The minimum Gasteiger partial charge on any atom is -0.316 e. The molecule has 1 aliphatic rings. The Morgan fingerprint density at radius 3 is 2.94 bits per heavy atom. The van der Waals surface area contributed by atoms with E-state index in [1.165, 1.54) is 0 Å². The summed E-state index contributed by atoms with van der Waals surface area (Å²) < 4.78 is 0. The monoisotopic (exact) mass is 233 g/mol. The van der Waals surface area contributed by atoms with Gasteiger partial charge in [-0.25, -0.2) is 4.98 Å². The van der Waals surface area contributed by atoms with Crippen LogP contribution in [0.4, 0.5) is 5.82 Å². The van der Waals surface area contributed by atoms with Gasteiger partial charge in [-0.15, -0.1) is 0 Å². The van der Waals surface area contributed by atoms with E-state index in [4.69, 9.17) is 0 Å². The lowest BCUT2D eigenvalue weighted by molar-refractivity contribution is -0.120. The molecule has 2 heterocycles. The van der Waals surface area contributed by atoms with Gasteiger partial charge in [0.2, 0.25) is 5.91 Å². The predicted molar refractivity (Wildman–Crippen MR) is 67.9 cm³/mol. The number of aromatic nitrogens is 1. The van der Waals surface area contributed by atoms with Crippen molar-refractivity contribution in [1.82, 2.24) is 10.3 Å². The fraction of sp³-hybridized carbons (Fsp3) is 0.538. The van der Waals surface area contributed by atoms with Crippen molar-refractivity contribution < 1.29 is 4.79 Å². The van der Waals surface area contributed by atoms with E-state index in [-0.39, 0.29) is 11.8 Å². The molecular formula is C13H19N3O. The summed E-state index contributed by atoms with van der Waals surface area (Å²) in [7, 11) is 0. The van der Waals surface area contributed by atoms with Crippen LogP contribution in [0.5, 0.6) is 0 Å². The molecule has 0 spiro atoms. The second kappa shape index (κ2) is 5.27. The highest BCUT2D eigenvalue weighted by atomic mass is 16.2. The highest BCUT2D eigenvalue weighted by Gasteiger charge is 2.21. The lowest BCUT2D eigenvalue weighted by Crippen LogP contribution is -2.37. The number of hydrogen-bond donors (Lipinski definition) is 2. The lowest BCUT2D eigenvalue weighted by atomic mass is 9.99. The van der Waals surface area contributed by atoms with Crippen molar-refractivity contribution in [2.75, 3.05) is 18.4 Å². The molecule has 0 bridgehead atoms. The van der Waals surface area contributed by atoms with Crippen LogP contribution < -0.4 is 10.6 Å². The van der Waals surface area contributed by atoms with E-state index in [0.717, 1.165) is 37.2 Å². The molecule has 4 nitrogen and oxygen atoms in total. The molecule has 4 heteroatoms. The van der Waals surface area contributed by atoms with E-state index in [2.05, 4.69) is 15.6 Å². The lowest BCUT2D eigenvalue weighted by Gasteiger charge is -2.21. The Labute approximate surface area is 102 Å². The summed E-state index contributed by atoms with van der Waals surface area (Å²) in [6.07, 6.45) is 2.03. The van der Waals surface area contributed by atoms with E-state index < -0.39 is 0 Å². The van der Waals surface area contributed by atoms with E-state index >= 15 is 0 Å². The van der Waals surface area contributed by atoms with Crippen molar-refractivity contribution >= 4 is 11.7 Å². The first kappa shape index (κ1) is 12.0. The van der Waals surface area contributed by atoms with Gasteiger partial charge < -0.3 is 10.6 Å². The number of rotatable bonds is 2. The van der Waals surface area contributed by atoms with E-state index in [1.54, 1.807) is 0 Å². The molecule has 0 aromatic carbocycles. The Bertz CT molecular complexity index is 391. The normalized spacial score (nSPS) is 20.0. The van der Waals surface area contributed by atoms with Crippen LogP contribution >= 0.6 is 0 Å². The standard InChI is InChI=1S/C13H19N3O/c1-9-6-10(2)15-12(7-9)16-13(17)11-4-3-5-14-8-11/h6-7,11,14H,3-5,8H2,1-2H3,(H,15,16,17)/t11-/m1/s1. The molecule has 1 aromatic rings. The first-order valence-electron chi connectivity index (χ1n) is 6.12. The predicted octanol–water partition coefficient (Wildman–Crippen LogP) is 1.64. The van der Waals surface area contributed by atoms with Gasteiger partial charge in [-0.1, -0.05) is 0 Å². The maximum absolute atomic E-state index is 12.0.